The third-order valence-electron chi connectivity index (χ3n) is 4.43. The van der Waals surface area contributed by atoms with E-state index in [-0.39, 0.29) is 42.5 Å². The van der Waals surface area contributed by atoms with Gasteiger partial charge in [0.2, 0.25) is 11.8 Å². The molecule has 0 spiro atoms. The van der Waals surface area contributed by atoms with Gasteiger partial charge in [0.05, 0.1) is 18.3 Å². The van der Waals surface area contributed by atoms with E-state index in [0.717, 1.165) is 4.90 Å². The van der Waals surface area contributed by atoms with Crippen LogP contribution in [0.1, 0.15) is 33.1 Å². The molecule has 0 aromatic heterocycles. The fourth-order valence-electron chi connectivity index (χ4n) is 3.01. The molecule has 2 aliphatic rings. The van der Waals surface area contributed by atoms with E-state index in [2.05, 4.69) is 5.32 Å². The van der Waals surface area contributed by atoms with Crippen molar-refractivity contribution in [2.45, 2.75) is 33.1 Å². The molecule has 0 saturated carbocycles. The van der Waals surface area contributed by atoms with Crippen LogP contribution in [-0.2, 0) is 23.9 Å². The molecule has 148 valence electrons. The fourth-order valence-corrected chi connectivity index (χ4v) is 3.01. The number of carbonyl (C=O) groups is 5. The maximum absolute atomic E-state index is 12.3. The molecule has 27 heavy (non-hydrogen) atoms. The van der Waals surface area contributed by atoms with Crippen molar-refractivity contribution in [1.29, 1.82) is 0 Å². The number of allylic oxidation sites excluding steroid dienone is 2. The van der Waals surface area contributed by atoms with Crippen molar-refractivity contribution in [2.75, 3.05) is 19.7 Å². The van der Waals surface area contributed by atoms with E-state index in [0.29, 0.717) is 19.4 Å². The SMILES string of the molecule is CC(C)CNC(=O)NC(=O)COC(=O)CCN1C(=O)[C@H]2CC=CC[C@@H]2C1=O. The summed E-state index contributed by atoms with van der Waals surface area (Å²) in [6, 6.07) is -0.658. The smallest absolute Gasteiger partial charge is 0.321 e. The van der Waals surface area contributed by atoms with Gasteiger partial charge >= 0.3 is 12.0 Å². The van der Waals surface area contributed by atoms with Crippen molar-refractivity contribution in [3.8, 4) is 0 Å². The number of imide groups is 2. The Balaban J connectivity index is 1.69. The lowest BCUT2D eigenvalue weighted by atomic mass is 9.85. The lowest BCUT2D eigenvalue weighted by molar-refractivity contribution is -0.149. The van der Waals surface area contributed by atoms with Crippen LogP contribution in [0, 0.1) is 17.8 Å². The second-order valence-corrected chi connectivity index (χ2v) is 7.05. The van der Waals surface area contributed by atoms with E-state index >= 15 is 0 Å². The third kappa shape index (κ3) is 5.63. The van der Waals surface area contributed by atoms with E-state index in [1.165, 1.54) is 0 Å². The summed E-state index contributed by atoms with van der Waals surface area (Å²) in [6.07, 6.45) is 4.65. The Bertz CT molecular complexity index is 631. The first-order valence-corrected chi connectivity index (χ1v) is 9.03. The average molecular weight is 379 g/mol. The van der Waals surface area contributed by atoms with Crippen molar-refractivity contribution < 1.29 is 28.7 Å². The number of rotatable bonds is 7. The van der Waals surface area contributed by atoms with Crippen LogP contribution in [0.4, 0.5) is 4.79 Å². The summed E-state index contributed by atoms with van der Waals surface area (Å²) in [4.78, 5) is 60.4. The van der Waals surface area contributed by atoms with Crippen LogP contribution >= 0.6 is 0 Å². The maximum atomic E-state index is 12.3. The summed E-state index contributed by atoms with van der Waals surface area (Å²) in [6.45, 7) is 3.55. The highest BCUT2D eigenvalue weighted by molar-refractivity contribution is 6.05. The molecule has 0 aromatic carbocycles. The molecule has 0 radical (unpaired) electrons. The molecule has 0 unspecified atom stereocenters. The van der Waals surface area contributed by atoms with Gasteiger partial charge in [-0.05, 0) is 18.8 Å². The predicted molar refractivity (Wildman–Crippen MR) is 94.0 cm³/mol. The Kier molecular flexibility index (Phi) is 7.09. The van der Waals surface area contributed by atoms with Gasteiger partial charge in [0, 0.05) is 13.1 Å². The van der Waals surface area contributed by atoms with Crippen LogP contribution in [0.15, 0.2) is 12.2 Å². The minimum Gasteiger partial charge on any atom is -0.456 e. The highest BCUT2D eigenvalue weighted by Gasteiger charge is 2.46. The van der Waals surface area contributed by atoms with Crippen LogP contribution in [0.2, 0.25) is 0 Å². The molecule has 0 bridgehead atoms. The van der Waals surface area contributed by atoms with Crippen LogP contribution in [0.3, 0.4) is 0 Å². The summed E-state index contributed by atoms with van der Waals surface area (Å²) < 4.78 is 4.79. The Morgan fingerprint density at radius 3 is 2.30 bits per heavy atom. The molecule has 1 heterocycles. The summed E-state index contributed by atoms with van der Waals surface area (Å²) in [7, 11) is 0. The largest absolute Gasteiger partial charge is 0.456 e. The third-order valence-corrected chi connectivity index (χ3v) is 4.43. The summed E-state index contributed by atoms with van der Waals surface area (Å²) in [5.41, 5.74) is 0. The van der Waals surface area contributed by atoms with Gasteiger partial charge in [-0.2, -0.15) is 0 Å². The van der Waals surface area contributed by atoms with Crippen molar-refractivity contribution in [2.24, 2.45) is 17.8 Å². The van der Waals surface area contributed by atoms with Crippen LogP contribution in [0.25, 0.3) is 0 Å². The Labute approximate surface area is 157 Å². The summed E-state index contributed by atoms with van der Waals surface area (Å²) in [5.74, 6) is -2.44. The number of ether oxygens (including phenoxy) is 1. The lowest BCUT2D eigenvalue weighted by Crippen LogP contribution is -2.42. The van der Waals surface area contributed by atoms with Gasteiger partial charge in [-0.25, -0.2) is 4.79 Å². The number of fused-ring (bicyclic) bond motifs is 1. The molecule has 1 saturated heterocycles. The van der Waals surface area contributed by atoms with Crippen molar-refractivity contribution in [3.05, 3.63) is 12.2 Å². The topological polar surface area (TPSA) is 122 Å². The summed E-state index contributed by atoms with van der Waals surface area (Å²) in [5, 5.41) is 4.54. The average Bonchev–Trinajstić information content (AvgIpc) is 2.87. The number of nitrogens with one attached hydrogen (secondary N) is 2. The zero-order chi connectivity index (χ0) is 20.0. The Hall–Kier alpha value is -2.71. The fraction of sp³-hybridized carbons (Fsp3) is 0.611. The standard InChI is InChI=1S/C18H25N3O6/c1-11(2)9-19-18(26)20-14(22)10-27-15(23)7-8-21-16(24)12-5-3-4-6-13(12)17(21)25/h3-4,11-13H,5-10H2,1-2H3,(H2,19,20,22,26)/t12-,13-/m0/s1. The number of hydrogen-bond donors (Lipinski definition) is 2. The number of likely N-dealkylation sites (tertiary alicyclic amines) is 1. The molecular formula is C18H25N3O6. The van der Waals surface area contributed by atoms with Crippen LogP contribution in [0.5, 0.6) is 0 Å². The molecule has 5 amide bonds. The molecule has 9 heteroatoms. The minimum atomic E-state index is -0.755. The predicted octanol–water partition coefficient (Wildman–Crippen LogP) is 0.353. The zero-order valence-corrected chi connectivity index (χ0v) is 15.5. The number of hydrogen-bond acceptors (Lipinski definition) is 6. The van der Waals surface area contributed by atoms with E-state index in [9.17, 15) is 24.0 Å². The van der Waals surface area contributed by atoms with E-state index < -0.39 is 24.5 Å². The minimum absolute atomic E-state index is 0.0695. The number of urea groups is 1. The first kappa shape index (κ1) is 20.6. The highest BCUT2D eigenvalue weighted by atomic mass is 16.5. The molecule has 0 aromatic rings. The second kappa shape index (κ2) is 9.29. The van der Waals surface area contributed by atoms with E-state index in [1.54, 1.807) is 0 Å². The van der Waals surface area contributed by atoms with Crippen molar-refractivity contribution in [1.82, 2.24) is 15.5 Å². The highest BCUT2D eigenvalue weighted by Crippen LogP contribution is 2.34. The number of carbonyl (C=O) groups excluding carboxylic acids is 5. The molecule has 1 fully saturated rings. The molecule has 1 aliphatic carbocycles. The number of amides is 5. The first-order chi connectivity index (χ1) is 12.8. The molecule has 9 nitrogen and oxygen atoms in total. The Morgan fingerprint density at radius 1 is 1.15 bits per heavy atom. The summed E-state index contributed by atoms with van der Waals surface area (Å²) >= 11 is 0. The number of esters is 1. The Morgan fingerprint density at radius 2 is 1.74 bits per heavy atom. The van der Waals surface area contributed by atoms with Gasteiger partial charge in [-0.15, -0.1) is 0 Å². The van der Waals surface area contributed by atoms with Gasteiger partial charge in [0.1, 0.15) is 0 Å². The zero-order valence-electron chi connectivity index (χ0n) is 15.5. The van der Waals surface area contributed by atoms with Gasteiger partial charge in [-0.3, -0.25) is 29.4 Å². The quantitative estimate of drug-likeness (QED) is 0.374. The molecule has 2 rings (SSSR count). The van der Waals surface area contributed by atoms with Gasteiger partial charge in [-0.1, -0.05) is 26.0 Å². The molecule has 1 aliphatic heterocycles. The van der Waals surface area contributed by atoms with Crippen LogP contribution in [-0.4, -0.2) is 54.3 Å². The second-order valence-electron chi connectivity index (χ2n) is 7.05. The molecule has 2 atom stereocenters. The molecule has 2 N–H and O–H groups in total. The van der Waals surface area contributed by atoms with Gasteiger partial charge < -0.3 is 10.1 Å². The first-order valence-electron chi connectivity index (χ1n) is 9.03. The van der Waals surface area contributed by atoms with Gasteiger partial charge in [0.25, 0.3) is 5.91 Å². The number of nitrogens with zero attached hydrogens (tertiary/aromatic N) is 1. The molecular weight excluding hydrogens is 354 g/mol. The van der Waals surface area contributed by atoms with Crippen molar-refractivity contribution in [3.63, 3.8) is 0 Å². The van der Waals surface area contributed by atoms with E-state index in [1.807, 2.05) is 31.3 Å². The van der Waals surface area contributed by atoms with E-state index in [4.69, 9.17) is 4.74 Å². The lowest BCUT2D eigenvalue weighted by Gasteiger charge is -2.14. The van der Waals surface area contributed by atoms with Crippen molar-refractivity contribution >= 4 is 29.7 Å². The van der Waals surface area contributed by atoms with Crippen LogP contribution < -0.4 is 10.6 Å². The maximum Gasteiger partial charge on any atom is 0.321 e. The normalized spacial score (nSPS) is 21.2. The van der Waals surface area contributed by atoms with Gasteiger partial charge in [0.15, 0.2) is 6.61 Å². The monoisotopic (exact) mass is 379 g/mol.